The van der Waals surface area contributed by atoms with Crippen molar-refractivity contribution in [3.63, 3.8) is 0 Å². The summed E-state index contributed by atoms with van der Waals surface area (Å²) in [5.74, 6) is 0. The van der Waals surface area contributed by atoms with Crippen LogP contribution in [0.3, 0.4) is 0 Å². The van der Waals surface area contributed by atoms with E-state index in [-0.39, 0.29) is 9.92 Å². The lowest BCUT2D eigenvalue weighted by Crippen LogP contribution is -2.12. The number of nitrogens with two attached hydrogens (primary N) is 2. The molecule has 4 N–H and O–H groups in total. The van der Waals surface area contributed by atoms with E-state index in [9.17, 15) is 8.42 Å². The topological polar surface area (TPSA) is 86.2 Å². The predicted octanol–water partition coefficient (Wildman–Crippen LogP) is 0.878. The van der Waals surface area contributed by atoms with Crippen LogP contribution in [0.1, 0.15) is 5.56 Å². The number of sulfonamides is 1. The number of nitrogen functional groups attached to an aromatic ring is 1. The van der Waals surface area contributed by atoms with E-state index in [4.69, 9.17) is 22.5 Å². The minimum absolute atomic E-state index is 0.0239. The number of halogens is 1. The number of benzene rings is 1. The maximum atomic E-state index is 10.9. The molecule has 0 aliphatic carbocycles. The zero-order valence-electron chi connectivity index (χ0n) is 6.91. The molecule has 0 spiro atoms. The number of aryl methyl sites for hydroxylation is 1. The van der Waals surface area contributed by atoms with Crippen molar-refractivity contribution in [1.82, 2.24) is 0 Å². The monoisotopic (exact) mass is 220 g/mol. The molecular formula is C7H9ClN2O2S. The fourth-order valence-corrected chi connectivity index (χ4v) is 1.84. The van der Waals surface area contributed by atoms with Gasteiger partial charge in [0.2, 0.25) is 10.0 Å². The maximum absolute atomic E-state index is 10.9. The van der Waals surface area contributed by atoms with Gasteiger partial charge < -0.3 is 5.73 Å². The Morgan fingerprint density at radius 1 is 1.38 bits per heavy atom. The fourth-order valence-electron chi connectivity index (χ4n) is 0.888. The quantitative estimate of drug-likeness (QED) is 0.689. The van der Waals surface area contributed by atoms with E-state index >= 15 is 0 Å². The standard InChI is InChI=1S/C7H9ClN2O2S/c1-4-2-5(13(10,11)12)3-6(8)7(4)9/h2-3H,9H2,1H3,(H2,10,11,12). The van der Waals surface area contributed by atoms with Crippen LogP contribution in [0.5, 0.6) is 0 Å². The molecule has 0 aliphatic rings. The number of hydrogen-bond acceptors (Lipinski definition) is 3. The second-order valence-corrected chi connectivity index (χ2v) is 4.65. The zero-order valence-corrected chi connectivity index (χ0v) is 8.48. The second kappa shape index (κ2) is 3.17. The molecule has 0 saturated carbocycles. The number of rotatable bonds is 1. The molecule has 0 bridgehead atoms. The Kier molecular flexibility index (Phi) is 2.51. The maximum Gasteiger partial charge on any atom is 0.238 e. The summed E-state index contributed by atoms with van der Waals surface area (Å²) in [4.78, 5) is -0.0239. The third kappa shape index (κ3) is 2.12. The van der Waals surface area contributed by atoms with Crippen molar-refractivity contribution in [1.29, 1.82) is 0 Å². The summed E-state index contributed by atoms with van der Waals surface area (Å²) in [5.41, 5.74) is 6.49. The van der Waals surface area contributed by atoms with Crippen LogP contribution in [-0.4, -0.2) is 8.42 Å². The molecule has 4 nitrogen and oxygen atoms in total. The summed E-state index contributed by atoms with van der Waals surface area (Å²) in [5, 5.41) is 5.12. The third-order valence-electron chi connectivity index (χ3n) is 1.64. The molecule has 0 unspecified atom stereocenters. The van der Waals surface area contributed by atoms with E-state index in [0.717, 1.165) is 0 Å². The Hall–Kier alpha value is -0.780. The Balaban J connectivity index is 3.47. The predicted molar refractivity (Wildman–Crippen MR) is 52.0 cm³/mol. The Labute approximate surface area is 81.5 Å². The van der Waals surface area contributed by atoms with Gasteiger partial charge in [0.15, 0.2) is 0 Å². The molecule has 0 aliphatic heterocycles. The van der Waals surface area contributed by atoms with Gasteiger partial charge in [-0.15, -0.1) is 0 Å². The lowest BCUT2D eigenvalue weighted by Gasteiger charge is -2.05. The molecule has 0 saturated heterocycles. The molecule has 0 radical (unpaired) electrons. The van der Waals surface area contributed by atoms with Crippen LogP contribution >= 0.6 is 11.6 Å². The van der Waals surface area contributed by atoms with Crippen molar-refractivity contribution in [2.24, 2.45) is 5.14 Å². The summed E-state index contributed by atoms with van der Waals surface area (Å²) >= 11 is 5.68. The van der Waals surface area contributed by atoms with Crippen molar-refractivity contribution in [3.05, 3.63) is 22.7 Å². The van der Waals surface area contributed by atoms with E-state index in [2.05, 4.69) is 0 Å². The fraction of sp³-hybridized carbons (Fsp3) is 0.143. The average molecular weight is 221 g/mol. The lowest BCUT2D eigenvalue weighted by molar-refractivity contribution is 0.597. The minimum atomic E-state index is -3.70. The molecule has 0 amide bonds. The van der Waals surface area contributed by atoms with Crippen LogP contribution < -0.4 is 10.9 Å². The smallest absolute Gasteiger partial charge is 0.238 e. The zero-order chi connectivity index (χ0) is 10.2. The second-order valence-electron chi connectivity index (χ2n) is 2.68. The van der Waals surface area contributed by atoms with Crippen LogP contribution in [0, 0.1) is 6.92 Å². The first kappa shape index (κ1) is 10.3. The minimum Gasteiger partial charge on any atom is -0.397 e. The van der Waals surface area contributed by atoms with Gasteiger partial charge in [-0.05, 0) is 24.6 Å². The van der Waals surface area contributed by atoms with Gasteiger partial charge >= 0.3 is 0 Å². The summed E-state index contributed by atoms with van der Waals surface area (Å²) in [6.07, 6.45) is 0. The molecule has 0 heterocycles. The molecule has 6 heteroatoms. The highest BCUT2D eigenvalue weighted by Crippen LogP contribution is 2.25. The first-order chi connectivity index (χ1) is 5.82. The molecule has 13 heavy (non-hydrogen) atoms. The van der Waals surface area contributed by atoms with Gasteiger partial charge in [-0.3, -0.25) is 0 Å². The van der Waals surface area contributed by atoms with Crippen LogP contribution in [0.2, 0.25) is 5.02 Å². The van der Waals surface area contributed by atoms with E-state index in [1.165, 1.54) is 12.1 Å². The first-order valence-electron chi connectivity index (χ1n) is 3.41. The van der Waals surface area contributed by atoms with Gasteiger partial charge in [0, 0.05) is 0 Å². The van der Waals surface area contributed by atoms with Crippen LogP contribution in [0.25, 0.3) is 0 Å². The van der Waals surface area contributed by atoms with Crippen molar-refractivity contribution in [3.8, 4) is 0 Å². The van der Waals surface area contributed by atoms with Gasteiger partial charge in [-0.2, -0.15) is 0 Å². The van der Waals surface area contributed by atoms with E-state index in [0.29, 0.717) is 11.3 Å². The van der Waals surface area contributed by atoms with Gasteiger partial charge in [0.25, 0.3) is 0 Å². The molecule has 1 aromatic carbocycles. The summed E-state index contributed by atoms with van der Waals surface area (Å²) in [6, 6.07) is 2.62. The molecular weight excluding hydrogens is 212 g/mol. The molecule has 1 aromatic rings. The normalized spacial score (nSPS) is 11.6. The highest BCUT2D eigenvalue weighted by Gasteiger charge is 2.11. The Bertz CT molecular complexity index is 419. The van der Waals surface area contributed by atoms with Crippen LogP contribution in [0.15, 0.2) is 17.0 Å². The Morgan fingerprint density at radius 3 is 2.31 bits per heavy atom. The van der Waals surface area contributed by atoms with Gasteiger partial charge in [0.1, 0.15) is 0 Å². The van der Waals surface area contributed by atoms with Gasteiger partial charge in [-0.25, -0.2) is 13.6 Å². The number of hydrogen-bond donors (Lipinski definition) is 2. The SMILES string of the molecule is Cc1cc(S(N)(=O)=O)cc(Cl)c1N. The molecule has 1 rings (SSSR count). The number of primary sulfonamides is 1. The molecule has 0 fully saturated rings. The third-order valence-corrected chi connectivity index (χ3v) is 2.84. The Morgan fingerprint density at radius 2 is 1.92 bits per heavy atom. The van der Waals surface area contributed by atoms with Gasteiger partial charge in [0.05, 0.1) is 15.6 Å². The number of anilines is 1. The van der Waals surface area contributed by atoms with Crippen LogP contribution in [-0.2, 0) is 10.0 Å². The largest absolute Gasteiger partial charge is 0.397 e. The van der Waals surface area contributed by atoms with E-state index in [1.54, 1.807) is 6.92 Å². The summed E-state index contributed by atoms with van der Waals surface area (Å²) in [6.45, 7) is 1.66. The summed E-state index contributed by atoms with van der Waals surface area (Å²) in [7, 11) is -3.70. The van der Waals surface area contributed by atoms with Crippen molar-refractivity contribution in [2.75, 3.05) is 5.73 Å². The average Bonchev–Trinajstić information content (AvgIpc) is 1.97. The lowest BCUT2D eigenvalue weighted by atomic mass is 10.2. The molecule has 72 valence electrons. The van der Waals surface area contributed by atoms with E-state index < -0.39 is 10.0 Å². The highest BCUT2D eigenvalue weighted by atomic mass is 35.5. The molecule has 0 aromatic heterocycles. The highest BCUT2D eigenvalue weighted by molar-refractivity contribution is 7.89. The van der Waals surface area contributed by atoms with Crippen molar-refractivity contribution < 1.29 is 8.42 Å². The molecule has 0 atom stereocenters. The van der Waals surface area contributed by atoms with Gasteiger partial charge in [-0.1, -0.05) is 11.6 Å². The van der Waals surface area contributed by atoms with E-state index in [1.807, 2.05) is 0 Å². The first-order valence-corrected chi connectivity index (χ1v) is 5.33. The van der Waals surface area contributed by atoms with Crippen molar-refractivity contribution in [2.45, 2.75) is 11.8 Å². The van der Waals surface area contributed by atoms with Crippen LogP contribution in [0.4, 0.5) is 5.69 Å². The summed E-state index contributed by atoms with van der Waals surface area (Å²) < 4.78 is 21.9. The van der Waals surface area contributed by atoms with Crippen molar-refractivity contribution >= 4 is 27.3 Å².